The molecule has 6 heteroatoms. The van der Waals surface area contributed by atoms with E-state index in [1.165, 1.54) is 18.9 Å². The van der Waals surface area contributed by atoms with E-state index in [1.54, 1.807) is 0 Å². The zero-order valence-corrected chi connectivity index (χ0v) is 16.1. The molecule has 1 fully saturated rings. The van der Waals surface area contributed by atoms with Gasteiger partial charge in [0.25, 0.3) is 0 Å². The summed E-state index contributed by atoms with van der Waals surface area (Å²) in [5.74, 6) is 0.0351. The first-order valence-corrected chi connectivity index (χ1v) is 9.73. The van der Waals surface area contributed by atoms with E-state index < -0.39 is 5.97 Å². The molecule has 0 amide bonds. The Morgan fingerprint density at radius 1 is 1.15 bits per heavy atom. The Bertz CT molecular complexity index is 580. The van der Waals surface area contributed by atoms with Gasteiger partial charge in [0.1, 0.15) is 31.2 Å². The number of benzene rings is 1. The van der Waals surface area contributed by atoms with Crippen LogP contribution in [-0.4, -0.2) is 44.5 Å². The van der Waals surface area contributed by atoms with E-state index in [9.17, 15) is 9.59 Å². The topological polar surface area (TPSA) is 71.1 Å². The molecule has 6 nitrogen and oxygen atoms in total. The van der Waals surface area contributed by atoms with Gasteiger partial charge in [-0.05, 0) is 63.1 Å². The quantitative estimate of drug-likeness (QED) is 0.315. The highest BCUT2D eigenvalue weighted by Crippen LogP contribution is 2.16. The largest absolute Gasteiger partial charge is 0.490 e. The van der Waals surface area contributed by atoms with Gasteiger partial charge in [-0.2, -0.15) is 0 Å². The summed E-state index contributed by atoms with van der Waals surface area (Å²) >= 11 is 0. The second kappa shape index (κ2) is 12.5. The maximum absolute atomic E-state index is 11.3. The number of aryl methyl sites for hydroxylation is 1. The molecule has 1 saturated heterocycles. The molecule has 0 aliphatic carbocycles. The van der Waals surface area contributed by atoms with Crippen LogP contribution < -0.4 is 4.74 Å². The zero-order chi connectivity index (χ0) is 19.3. The number of rotatable bonds is 12. The minimum absolute atomic E-state index is 0.0139. The molecule has 0 spiro atoms. The smallest absolute Gasteiger partial charge is 0.313 e. The standard InChI is InChI=1S/C21H30O6/c1-17(22)15-20(23)25-14-13-24-19-9-6-8-18(16-19)7-2-4-11-26-21-10-3-5-12-27-21/h6,8-9,16,21H,2-5,7,10-15H2,1H3. The highest BCUT2D eigenvalue weighted by molar-refractivity contribution is 5.94. The summed E-state index contributed by atoms with van der Waals surface area (Å²) in [7, 11) is 0. The number of esters is 1. The molecule has 0 N–H and O–H groups in total. The van der Waals surface area contributed by atoms with Crippen molar-refractivity contribution in [3.63, 3.8) is 0 Å². The molecule has 150 valence electrons. The molecule has 1 aromatic rings. The first-order valence-electron chi connectivity index (χ1n) is 9.73. The summed E-state index contributed by atoms with van der Waals surface area (Å²) in [5, 5.41) is 0. The molecule has 0 radical (unpaired) electrons. The number of unbranched alkanes of at least 4 members (excludes halogenated alkanes) is 1. The fourth-order valence-electron chi connectivity index (χ4n) is 2.85. The van der Waals surface area contributed by atoms with Crippen LogP contribution in [0.4, 0.5) is 0 Å². The fraction of sp³-hybridized carbons (Fsp3) is 0.619. The van der Waals surface area contributed by atoms with Crippen LogP contribution in [0.15, 0.2) is 24.3 Å². The van der Waals surface area contributed by atoms with Crippen molar-refractivity contribution in [3.05, 3.63) is 29.8 Å². The van der Waals surface area contributed by atoms with Crippen LogP contribution in [0.2, 0.25) is 0 Å². The number of Topliss-reactive ketones (excluding diaryl/α,β-unsaturated/α-hetero) is 1. The summed E-state index contributed by atoms with van der Waals surface area (Å²) < 4.78 is 21.8. The lowest BCUT2D eigenvalue weighted by Gasteiger charge is -2.22. The van der Waals surface area contributed by atoms with Gasteiger partial charge in [0.05, 0.1) is 0 Å². The van der Waals surface area contributed by atoms with Gasteiger partial charge in [0, 0.05) is 13.2 Å². The Kier molecular flexibility index (Phi) is 9.87. The Morgan fingerprint density at radius 2 is 2.04 bits per heavy atom. The number of ether oxygens (including phenoxy) is 4. The Hall–Kier alpha value is -1.92. The molecule has 1 aromatic carbocycles. The van der Waals surface area contributed by atoms with E-state index in [4.69, 9.17) is 18.9 Å². The lowest BCUT2D eigenvalue weighted by molar-refractivity contribution is -0.162. The van der Waals surface area contributed by atoms with Crippen molar-refractivity contribution in [1.29, 1.82) is 0 Å². The third-order valence-corrected chi connectivity index (χ3v) is 4.21. The van der Waals surface area contributed by atoms with E-state index in [0.717, 1.165) is 51.1 Å². The maximum atomic E-state index is 11.3. The van der Waals surface area contributed by atoms with Crippen molar-refractivity contribution in [2.75, 3.05) is 26.4 Å². The van der Waals surface area contributed by atoms with Gasteiger partial charge in [-0.15, -0.1) is 0 Å². The molecule has 0 aromatic heterocycles. The van der Waals surface area contributed by atoms with E-state index in [0.29, 0.717) is 0 Å². The minimum Gasteiger partial charge on any atom is -0.490 e. The number of hydrogen-bond donors (Lipinski definition) is 0. The van der Waals surface area contributed by atoms with Gasteiger partial charge in [0.15, 0.2) is 6.29 Å². The number of hydrogen-bond acceptors (Lipinski definition) is 6. The van der Waals surface area contributed by atoms with E-state index in [1.807, 2.05) is 18.2 Å². The second-order valence-electron chi connectivity index (χ2n) is 6.72. The molecule has 27 heavy (non-hydrogen) atoms. The number of ketones is 1. The molecule has 0 bridgehead atoms. The number of carbonyl (C=O) groups excluding carboxylic acids is 2. The van der Waals surface area contributed by atoms with Gasteiger partial charge in [-0.1, -0.05) is 12.1 Å². The summed E-state index contributed by atoms with van der Waals surface area (Å²) in [6, 6.07) is 7.91. The van der Waals surface area contributed by atoms with Crippen LogP contribution in [-0.2, 0) is 30.2 Å². The predicted octanol–water partition coefficient (Wildman–Crippen LogP) is 3.45. The SMILES string of the molecule is CC(=O)CC(=O)OCCOc1cccc(CCCCOC2CCCCO2)c1. The molecule has 1 unspecified atom stereocenters. The molecule has 1 heterocycles. The van der Waals surface area contributed by atoms with Crippen molar-refractivity contribution in [1.82, 2.24) is 0 Å². The van der Waals surface area contributed by atoms with Crippen LogP contribution in [0.3, 0.4) is 0 Å². The number of carbonyl (C=O) groups is 2. The monoisotopic (exact) mass is 378 g/mol. The van der Waals surface area contributed by atoms with E-state index in [-0.39, 0.29) is 31.7 Å². The van der Waals surface area contributed by atoms with Crippen molar-refractivity contribution in [2.45, 2.75) is 58.2 Å². The zero-order valence-electron chi connectivity index (χ0n) is 16.1. The first kappa shape index (κ1) is 21.4. The van der Waals surface area contributed by atoms with Gasteiger partial charge in [-0.3, -0.25) is 9.59 Å². The van der Waals surface area contributed by atoms with Crippen molar-refractivity contribution in [2.24, 2.45) is 0 Å². The lowest BCUT2D eigenvalue weighted by Crippen LogP contribution is -2.22. The molecule has 1 atom stereocenters. The van der Waals surface area contributed by atoms with Gasteiger partial charge < -0.3 is 18.9 Å². The van der Waals surface area contributed by atoms with Crippen molar-refractivity contribution in [3.8, 4) is 5.75 Å². The van der Waals surface area contributed by atoms with Crippen LogP contribution in [0, 0.1) is 0 Å². The van der Waals surface area contributed by atoms with Crippen molar-refractivity contribution < 1.29 is 28.5 Å². The van der Waals surface area contributed by atoms with Crippen LogP contribution in [0.5, 0.6) is 5.75 Å². The Balaban J connectivity index is 1.57. The predicted molar refractivity (Wildman–Crippen MR) is 101 cm³/mol. The molecule has 1 aliphatic rings. The van der Waals surface area contributed by atoms with E-state index in [2.05, 4.69) is 6.07 Å². The first-order chi connectivity index (χ1) is 13.1. The maximum Gasteiger partial charge on any atom is 0.313 e. The molecular formula is C21H30O6. The molecular weight excluding hydrogens is 348 g/mol. The average molecular weight is 378 g/mol. The summed E-state index contributed by atoms with van der Waals surface area (Å²) in [6.07, 6.45) is 6.12. The van der Waals surface area contributed by atoms with Crippen molar-refractivity contribution >= 4 is 11.8 Å². The highest BCUT2D eigenvalue weighted by Gasteiger charge is 2.13. The molecule has 2 rings (SSSR count). The average Bonchev–Trinajstić information content (AvgIpc) is 2.66. The third-order valence-electron chi connectivity index (χ3n) is 4.21. The van der Waals surface area contributed by atoms with Crippen LogP contribution >= 0.6 is 0 Å². The lowest BCUT2D eigenvalue weighted by atomic mass is 10.1. The normalized spacial score (nSPS) is 16.7. The van der Waals surface area contributed by atoms with Crippen LogP contribution in [0.25, 0.3) is 0 Å². The van der Waals surface area contributed by atoms with Gasteiger partial charge in [-0.25, -0.2) is 0 Å². The second-order valence-corrected chi connectivity index (χ2v) is 6.72. The fourth-order valence-corrected chi connectivity index (χ4v) is 2.85. The van der Waals surface area contributed by atoms with Gasteiger partial charge >= 0.3 is 5.97 Å². The van der Waals surface area contributed by atoms with Crippen LogP contribution in [0.1, 0.15) is 51.0 Å². The minimum atomic E-state index is -0.513. The van der Waals surface area contributed by atoms with Gasteiger partial charge in [0.2, 0.25) is 0 Å². The summed E-state index contributed by atoms with van der Waals surface area (Å²) in [6.45, 7) is 3.30. The molecule has 0 saturated carbocycles. The summed E-state index contributed by atoms with van der Waals surface area (Å²) in [4.78, 5) is 22.1. The Morgan fingerprint density at radius 3 is 2.81 bits per heavy atom. The summed E-state index contributed by atoms with van der Waals surface area (Å²) in [5.41, 5.74) is 1.20. The Labute approximate surface area is 161 Å². The highest BCUT2D eigenvalue weighted by atomic mass is 16.7. The third kappa shape index (κ3) is 9.54. The molecule has 1 aliphatic heterocycles. The van der Waals surface area contributed by atoms with E-state index >= 15 is 0 Å².